The molecular weight excluding hydrogens is 220 g/mol. The summed E-state index contributed by atoms with van der Waals surface area (Å²) in [6.45, 7) is 0.868. The van der Waals surface area contributed by atoms with Gasteiger partial charge in [0.25, 0.3) is 0 Å². The Morgan fingerprint density at radius 1 is 1.35 bits per heavy atom. The fourth-order valence-electron chi connectivity index (χ4n) is 1.83. The predicted octanol–water partition coefficient (Wildman–Crippen LogP) is 1.33. The summed E-state index contributed by atoms with van der Waals surface area (Å²) >= 11 is 0. The lowest BCUT2D eigenvalue weighted by molar-refractivity contribution is -0.225. The van der Waals surface area contributed by atoms with Gasteiger partial charge in [-0.1, -0.05) is 30.3 Å². The molecule has 0 radical (unpaired) electrons. The van der Waals surface area contributed by atoms with E-state index in [1.165, 1.54) is 0 Å². The molecular formula is C13H18O4. The van der Waals surface area contributed by atoms with Crippen molar-refractivity contribution in [2.75, 3.05) is 13.7 Å². The Balaban J connectivity index is 1.78. The number of aliphatic hydroxyl groups is 1. The molecule has 1 aromatic carbocycles. The van der Waals surface area contributed by atoms with Crippen molar-refractivity contribution in [2.45, 2.75) is 31.5 Å². The zero-order chi connectivity index (χ0) is 12.1. The third-order valence-electron chi connectivity index (χ3n) is 2.89. The molecule has 1 N–H and O–H groups in total. The van der Waals surface area contributed by atoms with Crippen molar-refractivity contribution >= 4 is 0 Å². The summed E-state index contributed by atoms with van der Waals surface area (Å²) in [4.78, 5) is 0. The first-order valence-electron chi connectivity index (χ1n) is 5.77. The van der Waals surface area contributed by atoms with Crippen LogP contribution in [0.4, 0.5) is 0 Å². The summed E-state index contributed by atoms with van der Waals surface area (Å²) in [6, 6.07) is 9.90. The minimum Gasteiger partial charge on any atom is -0.390 e. The van der Waals surface area contributed by atoms with E-state index in [2.05, 4.69) is 0 Å². The van der Waals surface area contributed by atoms with Gasteiger partial charge >= 0.3 is 0 Å². The number of ether oxygens (including phenoxy) is 3. The van der Waals surface area contributed by atoms with E-state index < -0.39 is 6.10 Å². The molecule has 0 amide bonds. The molecule has 1 heterocycles. The van der Waals surface area contributed by atoms with Gasteiger partial charge in [0.05, 0.1) is 19.3 Å². The minimum absolute atomic E-state index is 0.244. The maximum Gasteiger partial charge on any atom is 0.160 e. The molecule has 0 bridgehead atoms. The third-order valence-corrected chi connectivity index (χ3v) is 2.89. The molecule has 1 fully saturated rings. The fourth-order valence-corrected chi connectivity index (χ4v) is 1.83. The Hall–Kier alpha value is -0.940. The highest BCUT2D eigenvalue weighted by atomic mass is 16.7. The molecule has 4 heteroatoms. The van der Waals surface area contributed by atoms with Gasteiger partial charge in [-0.05, 0) is 5.56 Å². The van der Waals surface area contributed by atoms with Crippen molar-refractivity contribution in [3.8, 4) is 0 Å². The second-order valence-electron chi connectivity index (χ2n) is 4.14. The summed E-state index contributed by atoms with van der Waals surface area (Å²) in [5.41, 5.74) is 1.10. The van der Waals surface area contributed by atoms with Crippen LogP contribution in [0.3, 0.4) is 0 Å². The van der Waals surface area contributed by atoms with Crippen LogP contribution in [0.25, 0.3) is 0 Å². The summed E-state index contributed by atoms with van der Waals surface area (Å²) in [6.07, 6.45) is -0.663. The molecule has 17 heavy (non-hydrogen) atoms. The van der Waals surface area contributed by atoms with Gasteiger partial charge in [-0.3, -0.25) is 0 Å². The highest BCUT2D eigenvalue weighted by Crippen LogP contribution is 2.18. The maximum atomic E-state index is 9.75. The average molecular weight is 238 g/mol. The van der Waals surface area contributed by atoms with Crippen LogP contribution in [0, 0.1) is 0 Å². The molecule has 1 aliphatic rings. The Kier molecular flexibility index (Phi) is 4.50. The van der Waals surface area contributed by atoms with Gasteiger partial charge in [0, 0.05) is 13.5 Å². The zero-order valence-electron chi connectivity index (χ0n) is 9.91. The fraction of sp³-hybridized carbons (Fsp3) is 0.538. The van der Waals surface area contributed by atoms with Gasteiger partial charge in [0.15, 0.2) is 6.29 Å². The first-order valence-corrected chi connectivity index (χ1v) is 5.77. The van der Waals surface area contributed by atoms with Crippen molar-refractivity contribution in [1.29, 1.82) is 0 Å². The zero-order valence-corrected chi connectivity index (χ0v) is 9.91. The molecule has 0 unspecified atom stereocenters. The molecule has 1 saturated heterocycles. The number of aliphatic hydroxyl groups excluding tert-OH is 1. The van der Waals surface area contributed by atoms with Crippen LogP contribution in [-0.2, 0) is 20.8 Å². The van der Waals surface area contributed by atoms with Crippen molar-refractivity contribution < 1.29 is 19.3 Å². The molecule has 2 rings (SSSR count). The third kappa shape index (κ3) is 3.51. The smallest absolute Gasteiger partial charge is 0.160 e. The summed E-state index contributed by atoms with van der Waals surface area (Å²) < 4.78 is 16.1. The van der Waals surface area contributed by atoms with Crippen molar-refractivity contribution in [2.24, 2.45) is 0 Å². The maximum absolute atomic E-state index is 9.75. The van der Waals surface area contributed by atoms with Crippen LogP contribution in [0.5, 0.6) is 0 Å². The second-order valence-corrected chi connectivity index (χ2v) is 4.14. The van der Waals surface area contributed by atoms with E-state index in [9.17, 15) is 5.11 Å². The molecule has 3 atom stereocenters. The first kappa shape index (κ1) is 12.5. The van der Waals surface area contributed by atoms with Gasteiger partial charge in [-0.2, -0.15) is 0 Å². The Bertz CT molecular complexity index is 327. The molecule has 0 aliphatic carbocycles. The normalized spacial score (nSPS) is 29.2. The molecule has 0 aromatic heterocycles. The van der Waals surface area contributed by atoms with E-state index in [-0.39, 0.29) is 12.4 Å². The highest BCUT2D eigenvalue weighted by molar-refractivity contribution is 5.13. The van der Waals surface area contributed by atoms with Gasteiger partial charge in [-0.15, -0.1) is 0 Å². The monoisotopic (exact) mass is 238 g/mol. The summed E-state index contributed by atoms with van der Waals surface area (Å²) in [5, 5.41) is 9.75. The van der Waals surface area contributed by atoms with E-state index in [1.54, 1.807) is 7.11 Å². The standard InChI is InChI=1S/C13H18O4/c1-15-12-9-17-13(7-11(12)14)16-8-10-5-3-2-4-6-10/h2-6,11-14H,7-9H2,1H3/t11-,12-,13-/m1/s1. The second kappa shape index (κ2) is 6.12. The molecule has 94 valence electrons. The van der Waals surface area contributed by atoms with Gasteiger partial charge in [-0.25, -0.2) is 0 Å². The van der Waals surface area contributed by atoms with E-state index in [0.29, 0.717) is 19.6 Å². The van der Waals surface area contributed by atoms with Gasteiger partial charge in [0.1, 0.15) is 6.10 Å². The molecule has 1 aliphatic heterocycles. The summed E-state index contributed by atoms with van der Waals surface area (Å²) in [7, 11) is 1.57. The van der Waals surface area contributed by atoms with Crippen LogP contribution in [-0.4, -0.2) is 37.3 Å². The van der Waals surface area contributed by atoms with Crippen LogP contribution in [0.2, 0.25) is 0 Å². The Morgan fingerprint density at radius 2 is 2.12 bits per heavy atom. The molecule has 1 aromatic rings. The topological polar surface area (TPSA) is 47.9 Å². The van der Waals surface area contributed by atoms with Gasteiger partial charge < -0.3 is 19.3 Å². The quantitative estimate of drug-likeness (QED) is 0.859. The van der Waals surface area contributed by atoms with E-state index in [4.69, 9.17) is 14.2 Å². The highest BCUT2D eigenvalue weighted by Gasteiger charge is 2.30. The van der Waals surface area contributed by atoms with Crippen LogP contribution < -0.4 is 0 Å². The Labute approximate surface area is 101 Å². The first-order chi connectivity index (χ1) is 8.29. The van der Waals surface area contributed by atoms with Crippen molar-refractivity contribution in [3.05, 3.63) is 35.9 Å². The number of rotatable bonds is 4. The largest absolute Gasteiger partial charge is 0.390 e. The lowest BCUT2D eigenvalue weighted by Crippen LogP contribution is -2.43. The van der Waals surface area contributed by atoms with E-state index in [1.807, 2.05) is 30.3 Å². The molecule has 4 nitrogen and oxygen atoms in total. The lowest BCUT2D eigenvalue weighted by Gasteiger charge is -2.32. The lowest BCUT2D eigenvalue weighted by atomic mass is 10.1. The SMILES string of the molecule is CO[C@@H]1CO[C@@H](OCc2ccccc2)C[C@H]1O. The number of hydrogen-bond donors (Lipinski definition) is 1. The van der Waals surface area contributed by atoms with Crippen LogP contribution in [0.15, 0.2) is 30.3 Å². The predicted molar refractivity (Wildman–Crippen MR) is 62.4 cm³/mol. The van der Waals surface area contributed by atoms with Crippen LogP contribution >= 0.6 is 0 Å². The van der Waals surface area contributed by atoms with Crippen molar-refractivity contribution in [3.63, 3.8) is 0 Å². The Morgan fingerprint density at radius 3 is 2.76 bits per heavy atom. The van der Waals surface area contributed by atoms with E-state index in [0.717, 1.165) is 5.56 Å². The van der Waals surface area contributed by atoms with Crippen LogP contribution in [0.1, 0.15) is 12.0 Å². The van der Waals surface area contributed by atoms with Gasteiger partial charge in [0.2, 0.25) is 0 Å². The number of benzene rings is 1. The number of methoxy groups -OCH3 is 1. The average Bonchev–Trinajstić information content (AvgIpc) is 2.38. The minimum atomic E-state index is -0.519. The molecule has 0 spiro atoms. The molecule has 0 saturated carbocycles. The number of hydrogen-bond acceptors (Lipinski definition) is 4. The van der Waals surface area contributed by atoms with E-state index >= 15 is 0 Å². The van der Waals surface area contributed by atoms with Crippen molar-refractivity contribution in [1.82, 2.24) is 0 Å². The summed E-state index contributed by atoms with van der Waals surface area (Å²) in [5.74, 6) is 0.